The van der Waals surface area contributed by atoms with Crippen LogP contribution in [0.2, 0.25) is 0 Å². The summed E-state index contributed by atoms with van der Waals surface area (Å²) in [6.45, 7) is 4.50. The molecule has 1 radical (unpaired) electrons. The molecule has 0 aliphatic heterocycles. The van der Waals surface area contributed by atoms with Crippen molar-refractivity contribution in [1.29, 1.82) is 0 Å². The fraction of sp³-hybridized carbons (Fsp3) is 0.917. The third-order valence-electron chi connectivity index (χ3n) is 5.61. The largest absolute Gasteiger partial charge is 2.00 e. The first kappa shape index (κ1) is 30.7. The van der Waals surface area contributed by atoms with Gasteiger partial charge in [0, 0.05) is 0 Å². The number of oxime groups is 2. The van der Waals surface area contributed by atoms with Gasteiger partial charge in [0.1, 0.15) is 11.4 Å². The summed E-state index contributed by atoms with van der Waals surface area (Å²) >= 11 is 0. The maximum Gasteiger partial charge on any atom is 2.00 e. The molecule has 4 nitrogen and oxygen atoms in total. The molecule has 5 heteroatoms. The topological polar surface area (TPSA) is 65.2 Å². The molecule has 29 heavy (non-hydrogen) atoms. The summed E-state index contributed by atoms with van der Waals surface area (Å²) in [6.07, 6.45) is 24.3. The molecule has 0 saturated heterocycles. The summed E-state index contributed by atoms with van der Waals surface area (Å²) in [4.78, 5) is 0. The van der Waals surface area contributed by atoms with Gasteiger partial charge >= 0.3 is 17.1 Å². The van der Waals surface area contributed by atoms with Crippen molar-refractivity contribution in [3.05, 3.63) is 0 Å². The van der Waals surface area contributed by atoms with Crippen molar-refractivity contribution < 1.29 is 27.5 Å². The predicted octanol–water partition coefficient (Wildman–Crippen LogP) is 8.49. The van der Waals surface area contributed by atoms with Crippen LogP contribution in [0.15, 0.2) is 10.3 Å². The van der Waals surface area contributed by atoms with Crippen LogP contribution in [0.1, 0.15) is 142 Å². The molecule has 0 aromatic carbocycles. The van der Waals surface area contributed by atoms with Crippen LogP contribution in [0.4, 0.5) is 0 Å². The van der Waals surface area contributed by atoms with Crippen LogP contribution < -0.4 is 0 Å². The van der Waals surface area contributed by atoms with Crippen molar-refractivity contribution in [3.8, 4) is 0 Å². The monoisotopic (exact) mass is 459 g/mol. The van der Waals surface area contributed by atoms with Gasteiger partial charge < -0.3 is 10.4 Å². The maximum absolute atomic E-state index is 9.29. The Bertz CT molecular complexity index is 351. The van der Waals surface area contributed by atoms with Gasteiger partial charge in [-0.15, -0.1) is 0 Å². The summed E-state index contributed by atoms with van der Waals surface area (Å²) in [5, 5.41) is 25.4. The van der Waals surface area contributed by atoms with Gasteiger partial charge in [0.15, 0.2) is 0 Å². The van der Waals surface area contributed by atoms with Crippen molar-refractivity contribution in [2.24, 2.45) is 10.3 Å². The molecule has 0 atom stereocenters. The molecular formula is C24H48CuN2O2+2. The molecule has 0 saturated carbocycles. The van der Waals surface area contributed by atoms with Crippen molar-refractivity contribution in [2.75, 3.05) is 0 Å². The summed E-state index contributed by atoms with van der Waals surface area (Å²) in [5.74, 6) is 0. The Labute approximate surface area is 191 Å². The second-order valence-corrected chi connectivity index (χ2v) is 8.25. The molecular weight excluding hydrogens is 412 g/mol. The Morgan fingerprint density at radius 3 is 0.931 bits per heavy atom. The molecule has 0 unspecified atom stereocenters. The summed E-state index contributed by atoms with van der Waals surface area (Å²) in [7, 11) is 0. The van der Waals surface area contributed by atoms with E-state index in [1.54, 1.807) is 0 Å². The number of hydrogen-bond donors (Lipinski definition) is 2. The third-order valence-corrected chi connectivity index (χ3v) is 5.61. The molecule has 0 aliphatic carbocycles. The van der Waals surface area contributed by atoms with Gasteiger partial charge in [-0.25, -0.2) is 0 Å². The Balaban J connectivity index is 0. The van der Waals surface area contributed by atoms with E-state index < -0.39 is 0 Å². The zero-order chi connectivity index (χ0) is 20.7. The van der Waals surface area contributed by atoms with E-state index in [0.29, 0.717) is 24.3 Å². The van der Waals surface area contributed by atoms with Gasteiger partial charge in [0.25, 0.3) is 0 Å². The number of rotatable bonds is 21. The molecule has 0 aliphatic rings. The fourth-order valence-corrected chi connectivity index (χ4v) is 3.71. The van der Waals surface area contributed by atoms with Crippen molar-refractivity contribution >= 4 is 11.4 Å². The minimum atomic E-state index is 0. The molecule has 2 N–H and O–H groups in total. The van der Waals surface area contributed by atoms with Crippen LogP contribution in [0.25, 0.3) is 0 Å². The van der Waals surface area contributed by atoms with E-state index in [-0.39, 0.29) is 17.1 Å². The average Bonchev–Trinajstić information content (AvgIpc) is 2.72. The van der Waals surface area contributed by atoms with Crippen molar-refractivity contribution in [2.45, 2.75) is 142 Å². The number of hydrogen-bond acceptors (Lipinski definition) is 4. The Morgan fingerprint density at radius 1 is 0.448 bits per heavy atom. The van der Waals surface area contributed by atoms with Gasteiger partial charge in [0.2, 0.25) is 0 Å². The van der Waals surface area contributed by atoms with Crippen LogP contribution >= 0.6 is 0 Å². The van der Waals surface area contributed by atoms with Crippen LogP contribution in [-0.2, 0) is 17.1 Å². The number of unbranched alkanes of at least 4 members (excludes halogenated alkanes) is 16. The Kier molecular flexibility index (Phi) is 26.9. The minimum absolute atomic E-state index is 0. The third kappa shape index (κ3) is 20.5. The van der Waals surface area contributed by atoms with E-state index in [4.69, 9.17) is 0 Å². The van der Waals surface area contributed by atoms with Crippen LogP contribution in [0.3, 0.4) is 0 Å². The average molecular weight is 460 g/mol. The zero-order valence-electron chi connectivity index (χ0n) is 19.2. The molecule has 0 fully saturated rings. The van der Waals surface area contributed by atoms with E-state index in [2.05, 4.69) is 24.2 Å². The molecule has 0 spiro atoms. The fourth-order valence-electron chi connectivity index (χ4n) is 3.71. The summed E-state index contributed by atoms with van der Waals surface area (Å²) < 4.78 is 0. The molecule has 0 rings (SSSR count). The van der Waals surface area contributed by atoms with Gasteiger partial charge in [-0.3, -0.25) is 0 Å². The molecule has 0 bridgehead atoms. The summed E-state index contributed by atoms with van der Waals surface area (Å²) in [5.41, 5.74) is 1.15. The molecule has 0 amide bonds. The van der Waals surface area contributed by atoms with Crippen LogP contribution in [0.5, 0.6) is 0 Å². The van der Waals surface area contributed by atoms with Gasteiger partial charge in [0.05, 0.1) is 0 Å². The van der Waals surface area contributed by atoms with Crippen molar-refractivity contribution in [1.82, 2.24) is 0 Å². The molecule has 0 heterocycles. The first-order chi connectivity index (χ1) is 13.8. The minimum Gasteiger partial charge on any atom is -0.411 e. The van der Waals surface area contributed by atoms with Gasteiger partial charge in [-0.05, 0) is 25.7 Å². The second-order valence-electron chi connectivity index (χ2n) is 8.25. The quantitative estimate of drug-likeness (QED) is 0.0593. The second kappa shape index (κ2) is 25.5. The Hall–Kier alpha value is -0.541. The van der Waals surface area contributed by atoms with E-state index in [1.807, 2.05) is 0 Å². The predicted molar refractivity (Wildman–Crippen MR) is 122 cm³/mol. The zero-order valence-corrected chi connectivity index (χ0v) is 20.2. The van der Waals surface area contributed by atoms with E-state index >= 15 is 0 Å². The molecule has 175 valence electrons. The number of nitrogens with zero attached hydrogens (tertiary/aromatic N) is 2. The van der Waals surface area contributed by atoms with Gasteiger partial charge in [-0.2, -0.15) is 0 Å². The maximum atomic E-state index is 9.29. The van der Waals surface area contributed by atoms with Gasteiger partial charge in [-0.1, -0.05) is 127 Å². The smallest absolute Gasteiger partial charge is 0.411 e. The standard InChI is InChI=1S/C24H48N2O2.Cu/c1-3-5-7-9-11-13-15-17-19-21-23(25-27)24(26-28)22-20-18-16-14-12-10-8-6-4-2;/h27-28H,3-22H2,1-2H3;/q;+2/b25-23-,26-24-;. The van der Waals surface area contributed by atoms with Crippen LogP contribution in [0, 0.1) is 0 Å². The van der Waals surface area contributed by atoms with Crippen LogP contribution in [-0.4, -0.2) is 21.8 Å². The van der Waals surface area contributed by atoms with E-state index in [0.717, 1.165) is 25.7 Å². The first-order valence-electron chi connectivity index (χ1n) is 12.2. The van der Waals surface area contributed by atoms with Crippen molar-refractivity contribution in [3.63, 3.8) is 0 Å². The van der Waals surface area contributed by atoms with E-state index in [9.17, 15) is 10.4 Å². The normalized spacial score (nSPS) is 12.2. The first-order valence-corrected chi connectivity index (χ1v) is 12.2. The molecule has 0 aromatic rings. The molecule has 0 aromatic heterocycles. The summed E-state index contributed by atoms with van der Waals surface area (Å²) in [6, 6.07) is 0. The van der Waals surface area contributed by atoms with E-state index in [1.165, 1.54) is 89.9 Å². The Morgan fingerprint density at radius 2 is 0.690 bits per heavy atom. The SMILES string of the molecule is CCCCCCCCCCCC(=N/O)/C(CCCCCCCCCCC)=N\O.[Cu+2].